The van der Waals surface area contributed by atoms with Crippen LogP contribution in [-0.4, -0.2) is 0 Å². The Hall–Kier alpha value is -7.16. The quantitative estimate of drug-likeness (QED) is 0.144. The maximum Gasteiger partial charge on any atom is 0.0540 e. The summed E-state index contributed by atoms with van der Waals surface area (Å²) >= 11 is 0. The zero-order chi connectivity index (χ0) is 38.3. The predicted octanol–water partition coefficient (Wildman–Crippen LogP) is 15.4. The zero-order valence-corrected chi connectivity index (χ0v) is 32.2. The van der Waals surface area contributed by atoms with E-state index < -0.39 is 0 Å². The Morgan fingerprint density at radius 3 is 1.60 bits per heavy atom. The number of hydrogen-bond acceptors (Lipinski definition) is 2. The molecule has 1 aliphatic carbocycles. The number of anilines is 6. The monoisotopic (exact) mass is 730 g/mol. The summed E-state index contributed by atoms with van der Waals surface area (Å²) in [5.41, 5.74) is 14.4. The molecule has 0 fully saturated rings. The van der Waals surface area contributed by atoms with Crippen LogP contribution >= 0.6 is 0 Å². The van der Waals surface area contributed by atoms with Gasteiger partial charge in [-0.1, -0.05) is 166 Å². The molecular weight excluding hydrogens is 689 g/mol. The van der Waals surface area contributed by atoms with Gasteiger partial charge in [-0.25, -0.2) is 0 Å². The summed E-state index contributed by atoms with van der Waals surface area (Å²) in [5.74, 6) is 0. The SMILES string of the molecule is CC1(C)c2cc(C=Cc3ccc(N(c4ccc5ccccc5c4)c4cccc5ccccc45)cc3)ccc2-c2ccc(N(c3ccccc3)c3ccccc3)cc21. The molecule has 0 N–H and O–H groups in total. The second-order valence-corrected chi connectivity index (χ2v) is 15.5. The van der Waals surface area contributed by atoms with E-state index in [0.29, 0.717) is 0 Å². The minimum atomic E-state index is -0.154. The van der Waals surface area contributed by atoms with Crippen LogP contribution in [0.15, 0.2) is 206 Å². The van der Waals surface area contributed by atoms with Gasteiger partial charge in [0.1, 0.15) is 0 Å². The Morgan fingerprint density at radius 1 is 0.351 bits per heavy atom. The fourth-order valence-electron chi connectivity index (χ4n) is 8.66. The predicted molar refractivity (Wildman–Crippen MR) is 244 cm³/mol. The summed E-state index contributed by atoms with van der Waals surface area (Å²) in [6.07, 6.45) is 4.48. The maximum atomic E-state index is 2.39. The molecule has 10 rings (SSSR count). The molecule has 2 heteroatoms. The average Bonchev–Trinajstić information content (AvgIpc) is 3.49. The number of nitrogens with zero attached hydrogens (tertiary/aromatic N) is 2. The van der Waals surface area contributed by atoms with E-state index in [1.54, 1.807) is 0 Å². The smallest absolute Gasteiger partial charge is 0.0540 e. The van der Waals surface area contributed by atoms with Crippen LogP contribution in [0, 0.1) is 0 Å². The lowest BCUT2D eigenvalue weighted by molar-refractivity contribution is 0.660. The van der Waals surface area contributed by atoms with Crippen molar-refractivity contribution in [1.29, 1.82) is 0 Å². The Morgan fingerprint density at radius 2 is 0.860 bits per heavy atom. The Bertz CT molecular complexity index is 2880. The van der Waals surface area contributed by atoms with Crippen LogP contribution in [0.1, 0.15) is 36.1 Å². The third kappa shape index (κ3) is 6.26. The second kappa shape index (κ2) is 14.2. The average molecular weight is 731 g/mol. The van der Waals surface area contributed by atoms with Gasteiger partial charge >= 0.3 is 0 Å². The summed E-state index contributed by atoms with van der Waals surface area (Å²) in [6, 6.07) is 74.7. The number of hydrogen-bond donors (Lipinski definition) is 0. The number of benzene rings is 9. The Balaban J connectivity index is 0.957. The van der Waals surface area contributed by atoms with Crippen molar-refractivity contribution < 1.29 is 0 Å². The fraction of sp³-hybridized carbons (Fsp3) is 0.0545. The first kappa shape index (κ1) is 34.3. The summed E-state index contributed by atoms with van der Waals surface area (Å²) in [5, 5.41) is 4.91. The molecule has 0 aromatic heterocycles. The minimum Gasteiger partial charge on any atom is -0.310 e. The van der Waals surface area contributed by atoms with Crippen molar-refractivity contribution in [3.8, 4) is 11.1 Å². The first-order chi connectivity index (χ1) is 28.0. The molecule has 9 aromatic rings. The lowest BCUT2D eigenvalue weighted by atomic mass is 9.81. The number of para-hydroxylation sites is 2. The van der Waals surface area contributed by atoms with Gasteiger partial charge in [0.25, 0.3) is 0 Å². The molecule has 0 aliphatic heterocycles. The van der Waals surface area contributed by atoms with Gasteiger partial charge in [-0.2, -0.15) is 0 Å². The van der Waals surface area contributed by atoms with E-state index in [9.17, 15) is 0 Å². The van der Waals surface area contributed by atoms with Crippen LogP contribution in [0.25, 0.3) is 44.8 Å². The molecule has 272 valence electrons. The van der Waals surface area contributed by atoms with E-state index in [2.05, 4.69) is 242 Å². The van der Waals surface area contributed by atoms with Crippen LogP contribution in [0.4, 0.5) is 34.1 Å². The van der Waals surface area contributed by atoms with Gasteiger partial charge in [0.05, 0.1) is 5.69 Å². The minimum absolute atomic E-state index is 0.154. The highest BCUT2D eigenvalue weighted by atomic mass is 15.1. The highest BCUT2D eigenvalue weighted by Gasteiger charge is 2.36. The van der Waals surface area contributed by atoms with Crippen LogP contribution in [0.5, 0.6) is 0 Å². The second-order valence-electron chi connectivity index (χ2n) is 15.5. The molecule has 0 saturated heterocycles. The lowest BCUT2D eigenvalue weighted by Gasteiger charge is -2.28. The number of fused-ring (bicyclic) bond motifs is 5. The topological polar surface area (TPSA) is 6.48 Å². The summed E-state index contributed by atoms with van der Waals surface area (Å²) in [4.78, 5) is 4.73. The van der Waals surface area contributed by atoms with Gasteiger partial charge in [-0.15, -0.1) is 0 Å². The molecule has 0 spiro atoms. The van der Waals surface area contributed by atoms with Crippen molar-refractivity contribution in [1.82, 2.24) is 0 Å². The lowest BCUT2D eigenvalue weighted by Crippen LogP contribution is -2.16. The van der Waals surface area contributed by atoms with Gasteiger partial charge in [-0.3, -0.25) is 0 Å². The molecule has 0 atom stereocenters. The molecule has 1 aliphatic rings. The van der Waals surface area contributed by atoms with Gasteiger partial charge in [0.15, 0.2) is 0 Å². The first-order valence-corrected chi connectivity index (χ1v) is 19.8. The van der Waals surface area contributed by atoms with Crippen LogP contribution in [-0.2, 0) is 5.41 Å². The Labute approximate surface area is 335 Å². The molecule has 0 radical (unpaired) electrons. The summed E-state index contributed by atoms with van der Waals surface area (Å²) < 4.78 is 0. The van der Waals surface area contributed by atoms with Crippen molar-refractivity contribution in [2.24, 2.45) is 0 Å². The summed E-state index contributed by atoms with van der Waals surface area (Å²) in [7, 11) is 0. The van der Waals surface area contributed by atoms with E-state index in [4.69, 9.17) is 0 Å². The van der Waals surface area contributed by atoms with Crippen LogP contribution < -0.4 is 9.80 Å². The van der Waals surface area contributed by atoms with Crippen molar-refractivity contribution in [3.05, 3.63) is 229 Å². The van der Waals surface area contributed by atoms with E-state index >= 15 is 0 Å². The standard InChI is InChI=1S/C55H42N2/c1-55(2)52-36-40(28-34-50(52)51-35-33-48(38-53(51)55)56(44-18-5-3-6-19-44)45-20-7-4-8-21-45)25-24-39-26-30-46(31-27-39)57(47-32-29-41-14-9-10-16-43(41)37-47)54-23-13-17-42-15-11-12-22-49(42)54/h3-38H,1-2H3. The van der Waals surface area contributed by atoms with Gasteiger partial charge in [-0.05, 0) is 116 Å². The normalized spacial score (nSPS) is 12.8. The first-order valence-electron chi connectivity index (χ1n) is 19.8. The molecule has 0 amide bonds. The van der Waals surface area contributed by atoms with Crippen LogP contribution in [0.2, 0.25) is 0 Å². The van der Waals surface area contributed by atoms with Crippen molar-refractivity contribution in [2.75, 3.05) is 9.80 Å². The number of rotatable bonds is 8. The zero-order valence-electron chi connectivity index (χ0n) is 32.2. The van der Waals surface area contributed by atoms with Gasteiger partial charge < -0.3 is 9.80 Å². The van der Waals surface area contributed by atoms with Gasteiger partial charge in [0.2, 0.25) is 0 Å². The van der Waals surface area contributed by atoms with Crippen molar-refractivity contribution in [2.45, 2.75) is 19.3 Å². The molecule has 2 nitrogen and oxygen atoms in total. The molecule has 0 heterocycles. The molecule has 57 heavy (non-hydrogen) atoms. The van der Waals surface area contributed by atoms with E-state index in [1.165, 1.54) is 49.4 Å². The molecular formula is C55H42N2. The van der Waals surface area contributed by atoms with Crippen LogP contribution in [0.3, 0.4) is 0 Å². The van der Waals surface area contributed by atoms with E-state index in [0.717, 1.165) is 39.7 Å². The third-order valence-corrected chi connectivity index (χ3v) is 11.6. The highest BCUT2D eigenvalue weighted by Crippen LogP contribution is 2.51. The van der Waals surface area contributed by atoms with Crippen molar-refractivity contribution >= 4 is 67.8 Å². The van der Waals surface area contributed by atoms with Gasteiger partial charge in [0, 0.05) is 39.2 Å². The third-order valence-electron chi connectivity index (χ3n) is 11.6. The maximum absolute atomic E-state index is 2.39. The Kier molecular flexibility index (Phi) is 8.53. The van der Waals surface area contributed by atoms with E-state index in [1.807, 2.05) is 0 Å². The largest absolute Gasteiger partial charge is 0.310 e. The van der Waals surface area contributed by atoms with Crippen molar-refractivity contribution in [3.63, 3.8) is 0 Å². The summed E-state index contributed by atoms with van der Waals surface area (Å²) in [6.45, 7) is 4.72. The molecule has 0 saturated carbocycles. The fourth-order valence-corrected chi connectivity index (χ4v) is 8.66. The highest BCUT2D eigenvalue weighted by molar-refractivity contribution is 6.00. The molecule has 9 aromatic carbocycles. The van der Waals surface area contributed by atoms with E-state index in [-0.39, 0.29) is 5.41 Å². The molecule has 0 unspecified atom stereocenters. The molecule has 0 bridgehead atoms.